The van der Waals surface area contributed by atoms with Crippen molar-refractivity contribution >= 4 is 28.2 Å². The number of methoxy groups -OCH3 is 1. The van der Waals surface area contributed by atoms with Crippen LogP contribution in [-0.4, -0.2) is 18.1 Å². The van der Waals surface area contributed by atoms with Crippen LogP contribution in [0, 0.1) is 0 Å². The monoisotopic (exact) mass is 293 g/mol. The molecule has 0 radical (unpaired) electrons. The number of carboxylic acid groups (broad SMARTS) is 1. The molecule has 3 aromatic rings. The number of aromatic nitrogens is 1. The van der Waals surface area contributed by atoms with E-state index in [1.807, 2.05) is 42.5 Å². The molecule has 0 unspecified atom stereocenters. The quantitative estimate of drug-likeness (QED) is 0.799. The van der Waals surface area contributed by atoms with Crippen LogP contribution < -0.4 is 15.2 Å². The van der Waals surface area contributed by atoms with Gasteiger partial charge >= 0.3 is 0 Å². The Morgan fingerprint density at radius 2 is 2.00 bits per heavy atom. The Labute approximate surface area is 127 Å². The summed E-state index contributed by atoms with van der Waals surface area (Å²) in [6.07, 6.45) is 1.31. The lowest BCUT2D eigenvalue weighted by atomic mass is 10.1. The average Bonchev–Trinajstić information content (AvgIpc) is 2.55. The Bertz CT molecular complexity index is 846. The first kappa shape index (κ1) is 13.9. The molecule has 1 aromatic heterocycles. The number of ether oxygens (including phenoxy) is 1. The lowest BCUT2D eigenvalue weighted by molar-refractivity contribution is -0.254. The number of nitrogens with one attached hydrogen (secondary N) is 1. The molecular weight excluding hydrogens is 280 g/mol. The largest absolute Gasteiger partial charge is 0.545 e. The van der Waals surface area contributed by atoms with E-state index < -0.39 is 5.97 Å². The number of carboxylic acids is 1. The molecule has 0 fully saturated rings. The van der Waals surface area contributed by atoms with Gasteiger partial charge in [0.15, 0.2) is 0 Å². The zero-order valence-electron chi connectivity index (χ0n) is 11.9. The molecule has 3 rings (SSSR count). The molecule has 0 spiro atoms. The Kier molecular flexibility index (Phi) is 3.62. The topological polar surface area (TPSA) is 74.3 Å². The number of carbonyl (C=O) groups is 1. The number of fused-ring (bicyclic) bond motifs is 1. The lowest BCUT2D eigenvalue weighted by Crippen LogP contribution is -2.23. The van der Waals surface area contributed by atoms with E-state index in [2.05, 4.69) is 10.3 Å². The highest BCUT2D eigenvalue weighted by Crippen LogP contribution is 2.29. The maximum absolute atomic E-state index is 11.4. The van der Waals surface area contributed by atoms with Gasteiger partial charge in [0.25, 0.3) is 0 Å². The van der Waals surface area contributed by atoms with Crippen LogP contribution in [-0.2, 0) is 0 Å². The van der Waals surface area contributed by atoms with Gasteiger partial charge in [0.1, 0.15) is 5.75 Å². The number of aromatic carboxylic acids is 1. The number of nitrogens with zero attached hydrogens (tertiary/aromatic N) is 1. The summed E-state index contributed by atoms with van der Waals surface area (Å²) in [4.78, 5) is 15.5. The van der Waals surface area contributed by atoms with Gasteiger partial charge in [-0.1, -0.05) is 24.3 Å². The Morgan fingerprint density at radius 3 is 2.77 bits per heavy atom. The number of rotatable bonds is 4. The maximum Gasteiger partial charge on any atom is 0.120 e. The van der Waals surface area contributed by atoms with Crippen LogP contribution in [0.25, 0.3) is 10.9 Å². The first-order valence-corrected chi connectivity index (χ1v) is 6.69. The zero-order chi connectivity index (χ0) is 15.5. The summed E-state index contributed by atoms with van der Waals surface area (Å²) in [5, 5.41) is 15.2. The normalized spacial score (nSPS) is 10.4. The minimum absolute atomic E-state index is 0.0153. The zero-order valence-corrected chi connectivity index (χ0v) is 11.9. The van der Waals surface area contributed by atoms with Gasteiger partial charge < -0.3 is 20.0 Å². The van der Waals surface area contributed by atoms with Crippen molar-refractivity contribution in [1.29, 1.82) is 0 Å². The van der Waals surface area contributed by atoms with Crippen molar-refractivity contribution in [3.05, 3.63) is 60.3 Å². The maximum atomic E-state index is 11.4. The summed E-state index contributed by atoms with van der Waals surface area (Å²) in [7, 11) is 1.58. The van der Waals surface area contributed by atoms with E-state index in [0.29, 0.717) is 22.3 Å². The van der Waals surface area contributed by atoms with Gasteiger partial charge in [-0.3, -0.25) is 4.98 Å². The molecule has 0 bridgehead atoms. The summed E-state index contributed by atoms with van der Waals surface area (Å²) in [5.41, 5.74) is 1.90. The van der Waals surface area contributed by atoms with Crippen LogP contribution in [0.4, 0.5) is 11.4 Å². The van der Waals surface area contributed by atoms with Crippen molar-refractivity contribution in [2.24, 2.45) is 0 Å². The predicted molar refractivity (Wildman–Crippen MR) is 82.4 cm³/mol. The van der Waals surface area contributed by atoms with Gasteiger partial charge in [-0.2, -0.15) is 0 Å². The molecule has 2 aromatic carbocycles. The van der Waals surface area contributed by atoms with Crippen molar-refractivity contribution < 1.29 is 14.6 Å². The fourth-order valence-corrected chi connectivity index (χ4v) is 2.28. The number of pyridine rings is 1. The number of hydrogen-bond acceptors (Lipinski definition) is 5. The van der Waals surface area contributed by atoms with Gasteiger partial charge in [-0.15, -0.1) is 0 Å². The Balaban J connectivity index is 2.15. The van der Waals surface area contributed by atoms with Crippen molar-refractivity contribution in [2.75, 3.05) is 12.4 Å². The van der Waals surface area contributed by atoms with Crippen LogP contribution >= 0.6 is 0 Å². The fraction of sp³-hybridized carbons (Fsp3) is 0.0588. The van der Waals surface area contributed by atoms with Crippen LogP contribution in [0.3, 0.4) is 0 Å². The number of para-hydroxylation sites is 1. The minimum Gasteiger partial charge on any atom is -0.545 e. The van der Waals surface area contributed by atoms with Gasteiger partial charge in [-0.25, -0.2) is 0 Å². The average molecular weight is 293 g/mol. The number of hydrogen-bond donors (Lipinski definition) is 1. The smallest absolute Gasteiger partial charge is 0.120 e. The van der Waals surface area contributed by atoms with Crippen molar-refractivity contribution in [2.45, 2.75) is 0 Å². The van der Waals surface area contributed by atoms with Crippen LogP contribution in [0.5, 0.6) is 5.75 Å². The molecule has 5 heteroatoms. The summed E-state index contributed by atoms with van der Waals surface area (Å²) < 4.78 is 5.18. The second-order valence-electron chi connectivity index (χ2n) is 4.71. The molecule has 22 heavy (non-hydrogen) atoms. The molecule has 0 atom stereocenters. The standard InChI is InChI=1S/C17H14N2O3/c1-22-12-6-4-5-11(9-12)19-16-13-7-2-3-8-15(13)18-10-14(16)17(20)21/h2-10H,1H3,(H,18,19)(H,20,21)/p-1. The van der Waals surface area contributed by atoms with Crippen LogP contribution in [0.1, 0.15) is 10.4 Å². The Morgan fingerprint density at radius 1 is 1.18 bits per heavy atom. The third kappa shape index (κ3) is 2.56. The molecule has 0 aliphatic heterocycles. The highest BCUT2D eigenvalue weighted by molar-refractivity contribution is 6.04. The minimum atomic E-state index is -1.27. The molecule has 1 heterocycles. The highest BCUT2D eigenvalue weighted by atomic mass is 16.5. The summed E-state index contributed by atoms with van der Waals surface area (Å²) in [6, 6.07) is 14.6. The van der Waals surface area contributed by atoms with Crippen molar-refractivity contribution in [3.8, 4) is 5.75 Å². The molecule has 0 amide bonds. The van der Waals surface area contributed by atoms with E-state index in [1.54, 1.807) is 13.2 Å². The second kappa shape index (κ2) is 5.73. The SMILES string of the molecule is COc1cccc(Nc2c(C(=O)[O-])cnc3ccccc23)c1. The van der Waals surface area contributed by atoms with Gasteiger partial charge in [0, 0.05) is 28.9 Å². The molecule has 0 saturated heterocycles. The number of benzene rings is 2. The molecular formula is C17H13N2O3-. The van der Waals surface area contributed by atoms with Gasteiger partial charge in [0.2, 0.25) is 0 Å². The number of carbonyl (C=O) groups excluding carboxylic acids is 1. The number of anilines is 2. The predicted octanol–water partition coefficient (Wildman–Crippen LogP) is 2.35. The summed E-state index contributed by atoms with van der Waals surface area (Å²) >= 11 is 0. The van der Waals surface area contributed by atoms with E-state index >= 15 is 0 Å². The molecule has 110 valence electrons. The van der Waals surface area contributed by atoms with Crippen LogP contribution in [0.2, 0.25) is 0 Å². The molecule has 0 aliphatic rings. The van der Waals surface area contributed by atoms with Gasteiger partial charge in [-0.05, 0) is 18.2 Å². The van der Waals surface area contributed by atoms with E-state index in [1.165, 1.54) is 6.20 Å². The first-order valence-electron chi connectivity index (χ1n) is 6.69. The Hall–Kier alpha value is -3.08. The van der Waals surface area contributed by atoms with Crippen molar-refractivity contribution in [1.82, 2.24) is 4.98 Å². The van der Waals surface area contributed by atoms with Crippen molar-refractivity contribution in [3.63, 3.8) is 0 Å². The molecule has 5 nitrogen and oxygen atoms in total. The third-order valence-corrected chi connectivity index (χ3v) is 3.33. The van der Waals surface area contributed by atoms with Gasteiger partial charge in [0.05, 0.1) is 24.3 Å². The molecule has 0 aliphatic carbocycles. The first-order chi connectivity index (χ1) is 10.7. The molecule has 0 saturated carbocycles. The van der Waals surface area contributed by atoms with E-state index in [0.717, 1.165) is 5.69 Å². The summed E-state index contributed by atoms with van der Waals surface area (Å²) in [6.45, 7) is 0. The summed E-state index contributed by atoms with van der Waals surface area (Å²) in [5.74, 6) is -0.595. The second-order valence-corrected chi connectivity index (χ2v) is 4.71. The van der Waals surface area contributed by atoms with E-state index in [4.69, 9.17) is 4.74 Å². The van der Waals surface area contributed by atoms with E-state index in [9.17, 15) is 9.90 Å². The fourth-order valence-electron chi connectivity index (χ4n) is 2.28. The third-order valence-electron chi connectivity index (χ3n) is 3.33. The lowest BCUT2D eigenvalue weighted by Gasteiger charge is -2.15. The van der Waals surface area contributed by atoms with E-state index in [-0.39, 0.29) is 5.56 Å². The van der Waals surface area contributed by atoms with Crippen LogP contribution in [0.15, 0.2) is 54.7 Å². The molecule has 1 N–H and O–H groups in total. The highest BCUT2D eigenvalue weighted by Gasteiger charge is 2.10.